The summed E-state index contributed by atoms with van der Waals surface area (Å²) in [6.45, 7) is 1.17. The number of ether oxygens (including phenoxy) is 1. The molecule has 1 aliphatic heterocycles. The molecular formula is C10H14N4O2. The Morgan fingerprint density at radius 2 is 2.31 bits per heavy atom. The second-order valence-corrected chi connectivity index (χ2v) is 3.49. The molecule has 86 valence electrons. The van der Waals surface area contributed by atoms with Gasteiger partial charge in [0, 0.05) is 19.2 Å². The Morgan fingerprint density at radius 3 is 3.06 bits per heavy atom. The summed E-state index contributed by atoms with van der Waals surface area (Å²) in [5, 5.41) is 5.78. The predicted octanol–water partition coefficient (Wildman–Crippen LogP) is -0.0297. The van der Waals surface area contributed by atoms with Crippen LogP contribution in [-0.2, 0) is 4.79 Å². The number of fused-ring (bicyclic) bond motifs is 1. The highest BCUT2D eigenvalue weighted by atomic mass is 16.5. The first-order valence-electron chi connectivity index (χ1n) is 5.01. The number of carbonyl (C=O) groups excluding carboxylic acids is 1. The first-order valence-corrected chi connectivity index (χ1v) is 5.01. The van der Waals surface area contributed by atoms with E-state index in [9.17, 15) is 4.79 Å². The number of carbonyl (C=O) groups is 1. The number of anilines is 3. The summed E-state index contributed by atoms with van der Waals surface area (Å²) in [6, 6.07) is 3.44. The van der Waals surface area contributed by atoms with Gasteiger partial charge in [0.1, 0.15) is 5.75 Å². The van der Waals surface area contributed by atoms with Crippen LogP contribution in [0.25, 0.3) is 0 Å². The molecule has 1 aromatic carbocycles. The van der Waals surface area contributed by atoms with Gasteiger partial charge in [-0.1, -0.05) is 0 Å². The molecule has 0 radical (unpaired) electrons. The van der Waals surface area contributed by atoms with Gasteiger partial charge in [0.15, 0.2) is 6.61 Å². The van der Waals surface area contributed by atoms with E-state index in [0.717, 1.165) is 5.69 Å². The van der Waals surface area contributed by atoms with E-state index in [1.54, 1.807) is 12.1 Å². The maximum Gasteiger partial charge on any atom is 0.262 e. The first-order chi connectivity index (χ1) is 7.70. The topological polar surface area (TPSA) is 102 Å². The van der Waals surface area contributed by atoms with E-state index >= 15 is 0 Å². The summed E-state index contributed by atoms with van der Waals surface area (Å²) in [4.78, 5) is 11.1. The van der Waals surface area contributed by atoms with Crippen molar-refractivity contribution >= 4 is 23.0 Å². The molecule has 1 amide bonds. The van der Waals surface area contributed by atoms with Gasteiger partial charge in [0.05, 0.1) is 17.1 Å². The number of benzene rings is 1. The van der Waals surface area contributed by atoms with Gasteiger partial charge in [0.25, 0.3) is 5.91 Å². The van der Waals surface area contributed by atoms with Crippen LogP contribution >= 0.6 is 0 Å². The third kappa shape index (κ3) is 2.01. The van der Waals surface area contributed by atoms with E-state index in [4.69, 9.17) is 16.2 Å². The van der Waals surface area contributed by atoms with Crippen LogP contribution in [0.3, 0.4) is 0 Å². The summed E-state index contributed by atoms with van der Waals surface area (Å²) in [6.07, 6.45) is 0. The lowest BCUT2D eigenvalue weighted by atomic mass is 10.2. The molecule has 0 aromatic heterocycles. The number of nitrogens with two attached hydrogens (primary N) is 2. The third-order valence-corrected chi connectivity index (χ3v) is 2.24. The van der Waals surface area contributed by atoms with Crippen molar-refractivity contribution in [2.75, 3.05) is 36.1 Å². The minimum Gasteiger partial charge on any atom is -0.482 e. The zero-order chi connectivity index (χ0) is 11.5. The van der Waals surface area contributed by atoms with Crippen LogP contribution < -0.4 is 26.8 Å². The van der Waals surface area contributed by atoms with Crippen LogP contribution in [0.2, 0.25) is 0 Å². The Morgan fingerprint density at radius 1 is 1.50 bits per heavy atom. The van der Waals surface area contributed by atoms with E-state index in [0.29, 0.717) is 30.2 Å². The summed E-state index contributed by atoms with van der Waals surface area (Å²) in [5.74, 6) is 0.428. The van der Waals surface area contributed by atoms with E-state index in [1.165, 1.54) is 0 Å². The quantitative estimate of drug-likeness (QED) is 0.538. The van der Waals surface area contributed by atoms with Crippen molar-refractivity contribution in [3.8, 4) is 5.75 Å². The molecule has 6 heteroatoms. The number of rotatable bonds is 3. The van der Waals surface area contributed by atoms with Gasteiger partial charge in [-0.25, -0.2) is 0 Å². The molecule has 0 aliphatic carbocycles. The van der Waals surface area contributed by atoms with Gasteiger partial charge >= 0.3 is 0 Å². The fourth-order valence-corrected chi connectivity index (χ4v) is 1.50. The molecule has 0 fully saturated rings. The Kier molecular flexibility index (Phi) is 2.82. The molecule has 0 saturated carbocycles. The molecule has 1 heterocycles. The van der Waals surface area contributed by atoms with E-state index in [1.807, 2.05) is 0 Å². The van der Waals surface area contributed by atoms with Crippen LogP contribution in [0.4, 0.5) is 17.1 Å². The maximum absolute atomic E-state index is 11.1. The van der Waals surface area contributed by atoms with Gasteiger partial charge < -0.3 is 26.8 Å². The van der Waals surface area contributed by atoms with Crippen molar-refractivity contribution in [2.45, 2.75) is 0 Å². The number of nitrogen functional groups attached to an aromatic ring is 1. The molecular weight excluding hydrogens is 208 g/mol. The van der Waals surface area contributed by atoms with Crippen molar-refractivity contribution in [3.63, 3.8) is 0 Å². The van der Waals surface area contributed by atoms with Crippen molar-refractivity contribution in [2.24, 2.45) is 5.73 Å². The number of hydrogen-bond acceptors (Lipinski definition) is 5. The average molecular weight is 222 g/mol. The van der Waals surface area contributed by atoms with Crippen LogP contribution in [0, 0.1) is 0 Å². The molecule has 0 unspecified atom stereocenters. The zero-order valence-corrected chi connectivity index (χ0v) is 8.75. The third-order valence-electron chi connectivity index (χ3n) is 2.24. The fourth-order valence-electron chi connectivity index (χ4n) is 1.50. The normalized spacial score (nSPS) is 13.7. The molecule has 0 bridgehead atoms. The van der Waals surface area contributed by atoms with Gasteiger partial charge in [0.2, 0.25) is 0 Å². The molecule has 6 nitrogen and oxygen atoms in total. The monoisotopic (exact) mass is 222 g/mol. The summed E-state index contributed by atoms with van der Waals surface area (Å²) < 4.78 is 5.23. The van der Waals surface area contributed by atoms with Crippen LogP contribution in [0.15, 0.2) is 12.1 Å². The van der Waals surface area contributed by atoms with E-state index in [2.05, 4.69) is 10.6 Å². The van der Waals surface area contributed by atoms with E-state index < -0.39 is 0 Å². The highest BCUT2D eigenvalue weighted by molar-refractivity contribution is 5.97. The molecule has 16 heavy (non-hydrogen) atoms. The fraction of sp³-hybridized carbons (Fsp3) is 0.300. The second kappa shape index (κ2) is 4.28. The van der Waals surface area contributed by atoms with Crippen molar-refractivity contribution in [1.82, 2.24) is 0 Å². The van der Waals surface area contributed by atoms with Crippen molar-refractivity contribution in [1.29, 1.82) is 0 Å². The number of nitrogens with one attached hydrogen (secondary N) is 2. The Bertz CT molecular complexity index is 420. The Hall–Kier alpha value is -1.95. The lowest BCUT2D eigenvalue weighted by molar-refractivity contribution is -0.118. The van der Waals surface area contributed by atoms with Crippen molar-refractivity contribution < 1.29 is 9.53 Å². The van der Waals surface area contributed by atoms with Crippen LogP contribution in [0.5, 0.6) is 5.75 Å². The summed E-state index contributed by atoms with van der Waals surface area (Å²) >= 11 is 0. The van der Waals surface area contributed by atoms with Crippen LogP contribution in [0.1, 0.15) is 0 Å². The number of hydrogen-bond donors (Lipinski definition) is 4. The molecule has 1 aromatic rings. The Balaban J connectivity index is 2.27. The second-order valence-electron chi connectivity index (χ2n) is 3.49. The van der Waals surface area contributed by atoms with Gasteiger partial charge in [-0.3, -0.25) is 4.79 Å². The first kappa shape index (κ1) is 10.6. The Labute approximate surface area is 92.9 Å². The lowest BCUT2D eigenvalue weighted by Gasteiger charge is -2.20. The maximum atomic E-state index is 11.1. The summed E-state index contributed by atoms with van der Waals surface area (Å²) in [5.41, 5.74) is 13.2. The largest absolute Gasteiger partial charge is 0.482 e. The highest BCUT2D eigenvalue weighted by Gasteiger charge is 2.17. The summed E-state index contributed by atoms with van der Waals surface area (Å²) in [7, 11) is 0. The standard InChI is InChI=1S/C10H14N4O2/c11-1-2-13-7-4-8-9(3-6(7)12)16-5-10(15)14-8/h3-4,13H,1-2,5,11-12H2,(H,14,15). The van der Waals surface area contributed by atoms with Crippen LogP contribution in [-0.4, -0.2) is 25.6 Å². The average Bonchev–Trinajstić information content (AvgIpc) is 2.27. The lowest BCUT2D eigenvalue weighted by Crippen LogP contribution is -2.25. The van der Waals surface area contributed by atoms with Crippen molar-refractivity contribution in [3.05, 3.63) is 12.1 Å². The molecule has 1 aliphatic rings. The smallest absolute Gasteiger partial charge is 0.262 e. The molecule has 0 spiro atoms. The minimum absolute atomic E-state index is 0.0298. The highest BCUT2D eigenvalue weighted by Crippen LogP contribution is 2.34. The SMILES string of the molecule is NCCNc1cc2c(cc1N)OCC(=O)N2. The molecule has 6 N–H and O–H groups in total. The predicted molar refractivity (Wildman–Crippen MR) is 62.5 cm³/mol. The molecule has 2 rings (SSSR count). The zero-order valence-electron chi connectivity index (χ0n) is 8.75. The van der Waals surface area contributed by atoms with Gasteiger partial charge in [-0.05, 0) is 6.07 Å². The molecule has 0 saturated heterocycles. The van der Waals surface area contributed by atoms with E-state index in [-0.39, 0.29) is 12.5 Å². The van der Waals surface area contributed by atoms with Gasteiger partial charge in [-0.2, -0.15) is 0 Å². The number of amides is 1. The van der Waals surface area contributed by atoms with Gasteiger partial charge in [-0.15, -0.1) is 0 Å². The molecule has 0 atom stereocenters. The minimum atomic E-state index is -0.165.